The second kappa shape index (κ2) is 10.5. The zero-order chi connectivity index (χ0) is 25.1. The molecule has 2 atom stereocenters. The van der Waals surface area contributed by atoms with Crippen LogP contribution < -0.4 is 15.5 Å². The highest BCUT2D eigenvalue weighted by Gasteiger charge is 2.22. The summed E-state index contributed by atoms with van der Waals surface area (Å²) in [5, 5.41) is 27.5. The number of carbonyl (C=O) groups is 1. The minimum Gasteiger partial charge on any atom is -0.496 e. The Labute approximate surface area is 208 Å². The van der Waals surface area contributed by atoms with E-state index in [9.17, 15) is 15.0 Å². The van der Waals surface area contributed by atoms with Crippen LogP contribution in [0.5, 0.6) is 5.75 Å². The lowest BCUT2D eigenvalue weighted by molar-refractivity contribution is -0.121. The van der Waals surface area contributed by atoms with E-state index in [0.717, 1.165) is 39.4 Å². The average molecular weight is 491 g/mol. The number of aromatic nitrogens is 2. The molecule has 2 aromatic carbocycles. The summed E-state index contributed by atoms with van der Waals surface area (Å²) in [7, 11) is 0. The Kier molecular flexibility index (Phi) is 6.97. The van der Waals surface area contributed by atoms with Crippen molar-refractivity contribution in [2.24, 2.45) is 16.0 Å². The number of nitrogens with one attached hydrogen (secondary N) is 3. The van der Waals surface area contributed by atoms with Crippen molar-refractivity contribution >= 4 is 34.2 Å². The number of fused-ring (bicyclic) bond motifs is 2. The first-order valence-corrected chi connectivity index (χ1v) is 12.2. The summed E-state index contributed by atoms with van der Waals surface area (Å²) in [6.45, 7) is 3.20. The van der Waals surface area contributed by atoms with Crippen molar-refractivity contribution in [2.45, 2.75) is 38.7 Å². The van der Waals surface area contributed by atoms with Crippen LogP contribution in [0.4, 0.5) is 5.69 Å². The summed E-state index contributed by atoms with van der Waals surface area (Å²) in [4.78, 5) is 23.7. The maximum atomic E-state index is 11.5. The zero-order valence-corrected chi connectivity index (χ0v) is 20.1. The zero-order valence-electron chi connectivity index (χ0n) is 20.1. The first-order valence-electron chi connectivity index (χ1n) is 12.2. The SMILES string of the molecule is CC1CC(=O)NN=C1c1ccc2[nH]c(CCNCC(O)COc3cccc4c3CCC(O)=N4)nc2c1. The van der Waals surface area contributed by atoms with Gasteiger partial charge in [0.2, 0.25) is 5.91 Å². The number of aliphatic imine (C=N–C) groups is 1. The van der Waals surface area contributed by atoms with Crippen molar-refractivity contribution in [3.63, 3.8) is 0 Å². The number of hydrogen-bond donors (Lipinski definition) is 5. The first kappa shape index (κ1) is 24.0. The van der Waals surface area contributed by atoms with Gasteiger partial charge in [0.15, 0.2) is 5.90 Å². The molecule has 3 aromatic rings. The number of amides is 1. The third kappa shape index (κ3) is 5.39. The predicted octanol–water partition coefficient (Wildman–Crippen LogP) is 2.53. The van der Waals surface area contributed by atoms with E-state index in [0.29, 0.717) is 44.5 Å². The molecule has 188 valence electrons. The van der Waals surface area contributed by atoms with Crippen LogP contribution in [0.15, 0.2) is 46.5 Å². The largest absolute Gasteiger partial charge is 0.496 e. The van der Waals surface area contributed by atoms with Crippen LogP contribution in [0, 0.1) is 5.92 Å². The highest BCUT2D eigenvalue weighted by Crippen LogP contribution is 2.33. The quantitative estimate of drug-likeness (QED) is 0.292. The van der Waals surface area contributed by atoms with Crippen molar-refractivity contribution in [3.05, 3.63) is 53.3 Å². The molecule has 1 aromatic heterocycles. The Balaban J connectivity index is 1.10. The fourth-order valence-electron chi connectivity index (χ4n) is 4.54. The molecule has 0 saturated heterocycles. The number of benzene rings is 2. The summed E-state index contributed by atoms with van der Waals surface area (Å²) in [5.74, 6) is 1.68. The van der Waals surface area contributed by atoms with Crippen molar-refractivity contribution in [3.8, 4) is 5.75 Å². The van der Waals surface area contributed by atoms with Crippen LogP contribution in [0.2, 0.25) is 0 Å². The second-order valence-electron chi connectivity index (χ2n) is 9.25. The molecule has 10 nitrogen and oxygen atoms in total. The van der Waals surface area contributed by atoms with Gasteiger partial charge in [0.25, 0.3) is 0 Å². The van der Waals surface area contributed by atoms with Crippen LogP contribution in [-0.2, 0) is 17.6 Å². The monoisotopic (exact) mass is 490 g/mol. The lowest BCUT2D eigenvalue weighted by Crippen LogP contribution is -2.32. The van der Waals surface area contributed by atoms with Gasteiger partial charge in [-0.2, -0.15) is 5.10 Å². The molecule has 5 rings (SSSR count). The van der Waals surface area contributed by atoms with Gasteiger partial charge in [-0.05, 0) is 30.7 Å². The van der Waals surface area contributed by atoms with Crippen LogP contribution >= 0.6 is 0 Å². The number of ether oxygens (including phenoxy) is 1. The van der Waals surface area contributed by atoms with Crippen molar-refractivity contribution < 1.29 is 19.7 Å². The van der Waals surface area contributed by atoms with Gasteiger partial charge in [-0.15, -0.1) is 0 Å². The number of hydrazone groups is 1. The number of aromatic amines is 1. The van der Waals surface area contributed by atoms with Gasteiger partial charge in [0.1, 0.15) is 24.3 Å². The minimum absolute atomic E-state index is 0.0587. The summed E-state index contributed by atoms with van der Waals surface area (Å²) >= 11 is 0. The Hall–Kier alpha value is -3.76. The van der Waals surface area contributed by atoms with E-state index in [4.69, 9.17) is 9.72 Å². The van der Waals surface area contributed by atoms with E-state index in [2.05, 4.69) is 25.8 Å². The summed E-state index contributed by atoms with van der Waals surface area (Å²) in [6, 6.07) is 11.5. The van der Waals surface area contributed by atoms with Gasteiger partial charge in [0, 0.05) is 49.4 Å². The molecule has 1 amide bonds. The summed E-state index contributed by atoms with van der Waals surface area (Å²) in [6.07, 6.45) is 1.60. The maximum absolute atomic E-state index is 11.5. The molecule has 3 heterocycles. The number of hydrogen-bond acceptors (Lipinski definition) is 7. The van der Waals surface area contributed by atoms with Crippen LogP contribution in [0.3, 0.4) is 0 Å². The highest BCUT2D eigenvalue weighted by molar-refractivity contribution is 6.07. The number of nitrogens with zero attached hydrogens (tertiary/aromatic N) is 3. The first-order chi connectivity index (χ1) is 17.5. The fraction of sp³-hybridized carbons (Fsp3) is 0.385. The van der Waals surface area contributed by atoms with E-state index in [-0.39, 0.29) is 24.3 Å². The average Bonchev–Trinajstić information content (AvgIpc) is 3.27. The third-order valence-electron chi connectivity index (χ3n) is 6.39. The smallest absolute Gasteiger partial charge is 0.240 e. The Morgan fingerprint density at radius 3 is 3.00 bits per heavy atom. The van der Waals surface area contributed by atoms with Crippen molar-refractivity contribution in [1.29, 1.82) is 0 Å². The van der Waals surface area contributed by atoms with Crippen molar-refractivity contribution in [2.75, 3.05) is 19.7 Å². The molecular formula is C26H30N6O4. The number of H-pyrrole nitrogens is 1. The molecule has 0 bridgehead atoms. The standard InChI is InChI=1S/C26H30N6O4/c1-15-11-25(35)31-32-26(15)16-5-7-20-21(12-16)29-23(28-20)9-10-27-13-17(33)14-36-22-4-2-3-19-18(22)6-8-24(34)30-19/h2-5,7,12,15,17,27,33H,6,8-11,13-14H2,1H3,(H,28,29)(H,30,34)(H,31,35). The molecule has 0 saturated carbocycles. The summed E-state index contributed by atoms with van der Waals surface area (Å²) < 4.78 is 5.84. The van der Waals surface area contributed by atoms with E-state index < -0.39 is 6.10 Å². The molecule has 0 spiro atoms. The normalized spacial score (nSPS) is 18.3. The lowest BCUT2D eigenvalue weighted by atomic mass is 9.94. The topological polar surface area (TPSA) is 144 Å². The summed E-state index contributed by atoms with van der Waals surface area (Å²) in [5.41, 5.74) is 7.85. The van der Waals surface area contributed by atoms with Crippen LogP contribution in [-0.4, -0.2) is 63.5 Å². The molecular weight excluding hydrogens is 460 g/mol. The minimum atomic E-state index is -0.668. The van der Waals surface area contributed by atoms with Gasteiger partial charge in [-0.1, -0.05) is 19.1 Å². The van der Waals surface area contributed by atoms with Gasteiger partial charge in [-0.25, -0.2) is 15.4 Å². The predicted molar refractivity (Wildman–Crippen MR) is 137 cm³/mol. The molecule has 2 unspecified atom stereocenters. The van der Waals surface area contributed by atoms with Gasteiger partial charge >= 0.3 is 0 Å². The molecule has 0 fully saturated rings. The molecule has 2 aliphatic heterocycles. The number of aliphatic hydroxyl groups excluding tert-OH is 2. The molecule has 5 N–H and O–H groups in total. The maximum Gasteiger partial charge on any atom is 0.240 e. The van der Waals surface area contributed by atoms with Gasteiger partial charge < -0.3 is 25.3 Å². The van der Waals surface area contributed by atoms with E-state index in [1.54, 1.807) is 0 Å². The second-order valence-corrected chi connectivity index (χ2v) is 9.25. The Morgan fingerprint density at radius 2 is 2.14 bits per heavy atom. The van der Waals surface area contributed by atoms with Gasteiger partial charge in [-0.3, -0.25) is 4.79 Å². The van der Waals surface area contributed by atoms with Crippen LogP contribution in [0.25, 0.3) is 11.0 Å². The molecule has 10 heteroatoms. The Bertz CT molecular complexity index is 1330. The van der Waals surface area contributed by atoms with E-state index >= 15 is 0 Å². The highest BCUT2D eigenvalue weighted by atomic mass is 16.5. The number of carbonyl (C=O) groups excluding carboxylic acids is 1. The van der Waals surface area contributed by atoms with Crippen LogP contribution in [0.1, 0.15) is 36.7 Å². The lowest BCUT2D eigenvalue weighted by Gasteiger charge is -2.18. The molecule has 0 aliphatic carbocycles. The molecule has 36 heavy (non-hydrogen) atoms. The van der Waals surface area contributed by atoms with E-state index in [1.807, 2.05) is 43.3 Å². The van der Waals surface area contributed by atoms with Gasteiger partial charge in [0.05, 0.1) is 22.4 Å². The number of rotatable bonds is 9. The number of imidazole rings is 1. The Morgan fingerprint density at radius 1 is 1.25 bits per heavy atom. The molecule has 0 radical (unpaired) electrons. The molecule has 2 aliphatic rings. The third-order valence-corrected chi connectivity index (χ3v) is 6.39. The van der Waals surface area contributed by atoms with Crippen molar-refractivity contribution in [1.82, 2.24) is 20.7 Å². The van der Waals surface area contributed by atoms with E-state index in [1.165, 1.54) is 0 Å². The fourth-order valence-corrected chi connectivity index (χ4v) is 4.54. The number of aliphatic hydroxyl groups is 2.